The molecular formula is C16H26N2O. The fourth-order valence-electron chi connectivity index (χ4n) is 2.74. The zero-order valence-corrected chi connectivity index (χ0v) is 12.6. The normalized spacial score (nSPS) is 20.6. The van der Waals surface area contributed by atoms with E-state index in [1.54, 1.807) is 0 Å². The molecule has 0 amide bonds. The number of para-hydroxylation sites is 1. The van der Waals surface area contributed by atoms with Gasteiger partial charge in [0.2, 0.25) is 0 Å². The molecule has 1 unspecified atom stereocenters. The van der Waals surface area contributed by atoms with Crippen LogP contribution in [0, 0.1) is 0 Å². The van der Waals surface area contributed by atoms with E-state index in [0.717, 1.165) is 26.3 Å². The van der Waals surface area contributed by atoms with Gasteiger partial charge in [0, 0.05) is 18.8 Å². The fraction of sp³-hybridized carbons (Fsp3) is 0.625. The zero-order chi connectivity index (χ0) is 13.9. The number of likely N-dealkylation sites (N-methyl/N-ethyl adjacent to an activating group) is 1. The SMILES string of the molecule is CNCC1COCCN1c1ccccc1C(C)(C)C. The van der Waals surface area contributed by atoms with Crippen molar-refractivity contribution >= 4 is 5.69 Å². The van der Waals surface area contributed by atoms with Gasteiger partial charge in [0.05, 0.1) is 19.3 Å². The molecule has 1 saturated heterocycles. The molecule has 0 bridgehead atoms. The van der Waals surface area contributed by atoms with Gasteiger partial charge in [0.25, 0.3) is 0 Å². The van der Waals surface area contributed by atoms with E-state index < -0.39 is 0 Å². The molecule has 19 heavy (non-hydrogen) atoms. The van der Waals surface area contributed by atoms with E-state index in [1.165, 1.54) is 11.3 Å². The average Bonchev–Trinajstić information content (AvgIpc) is 2.39. The lowest BCUT2D eigenvalue weighted by Gasteiger charge is -2.40. The quantitative estimate of drug-likeness (QED) is 0.905. The van der Waals surface area contributed by atoms with Crippen LogP contribution in [-0.4, -0.2) is 39.4 Å². The second-order valence-corrected chi connectivity index (χ2v) is 6.25. The molecule has 106 valence electrons. The predicted molar refractivity (Wildman–Crippen MR) is 81.0 cm³/mol. The summed E-state index contributed by atoms with van der Waals surface area (Å²) in [6.45, 7) is 10.4. The molecule has 1 fully saturated rings. The van der Waals surface area contributed by atoms with E-state index in [2.05, 4.69) is 55.3 Å². The molecule has 0 aromatic heterocycles. The summed E-state index contributed by atoms with van der Waals surface area (Å²) in [5, 5.41) is 3.27. The van der Waals surface area contributed by atoms with Crippen LogP contribution >= 0.6 is 0 Å². The van der Waals surface area contributed by atoms with Gasteiger partial charge in [-0.2, -0.15) is 0 Å². The summed E-state index contributed by atoms with van der Waals surface area (Å²) in [5.41, 5.74) is 2.94. The van der Waals surface area contributed by atoms with Gasteiger partial charge in [-0.05, 0) is 24.1 Å². The lowest BCUT2D eigenvalue weighted by atomic mass is 9.85. The van der Waals surface area contributed by atoms with Crippen molar-refractivity contribution in [1.29, 1.82) is 0 Å². The molecule has 1 aliphatic rings. The minimum absolute atomic E-state index is 0.166. The molecule has 1 N–H and O–H groups in total. The van der Waals surface area contributed by atoms with Gasteiger partial charge in [-0.15, -0.1) is 0 Å². The van der Waals surface area contributed by atoms with Gasteiger partial charge in [-0.1, -0.05) is 39.0 Å². The lowest BCUT2D eigenvalue weighted by Crippen LogP contribution is -2.50. The van der Waals surface area contributed by atoms with E-state index in [-0.39, 0.29) is 5.41 Å². The number of hydrogen-bond donors (Lipinski definition) is 1. The van der Waals surface area contributed by atoms with Gasteiger partial charge in [-0.3, -0.25) is 0 Å². The van der Waals surface area contributed by atoms with Crippen LogP contribution < -0.4 is 10.2 Å². The van der Waals surface area contributed by atoms with Crippen molar-refractivity contribution in [2.45, 2.75) is 32.2 Å². The summed E-state index contributed by atoms with van der Waals surface area (Å²) in [6, 6.07) is 9.19. The predicted octanol–water partition coefficient (Wildman–Crippen LogP) is 2.41. The zero-order valence-electron chi connectivity index (χ0n) is 12.6. The average molecular weight is 262 g/mol. The van der Waals surface area contributed by atoms with Crippen LogP contribution in [0.1, 0.15) is 26.3 Å². The van der Waals surface area contributed by atoms with Crippen LogP contribution in [0.3, 0.4) is 0 Å². The topological polar surface area (TPSA) is 24.5 Å². The van der Waals surface area contributed by atoms with E-state index in [4.69, 9.17) is 4.74 Å². The highest BCUT2D eigenvalue weighted by atomic mass is 16.5. The molecule has 3 nitrogen and oxygen atoms in total. The second-order valence-electron chi connectivity index (χ2n) is 6.25. The number of morpholine rings is 1. The molecule has 3 heteroatoms. The fourth-order valence-corrected chi connectivity index (χ4v) is 2.74. The van der Waals surface area contributed by atoms with Crippen molar-refractivity contribution in [1.82, 2.24) is 5.32 Å². The minimum atomic E-state index is 0.166. The molecule has 0 aliphatic carbocycles. The van der Waals surface area contributed by atoms with Crippen molar-refractivity contribution in [2.75, 3.05) is 38.3 Å². The van der Waals surface area contributed by atoms with Crippen molar-refractivity contribution in [2.24, 2.45) is 0 Å². The molecule has 1 aromatic carbocycles. The molecule has 1 aliphatic heterocycles. The Kier molecular flexibility index (Phi) is 4.48. The Morgan fingerprint density at radius 3 is 2.74 bits per heavy atom. The van der Waals surface area contributed by atoms with E-state index >= 15 is 0 Å². The van der Waals surface area contributed by atoms with Gasteiger partial charge in [-0.25, -0.2) is 0 Å². The van der Waals surface area contributed by atoms with Crippen LogP contribution in [-0.2, 0) is 10.2 Å². The lowest BCUT2D eigenvalue weighted by molar-refractivity contribution is 0.0941. The Morgan fingerprint density at radius 1 is 1.32 bits per heavy atom. The number of hydrogen-bond acceptors (Lipinski definition) is 3. The number of rotatable bonds is 3. The van der Waals surface area contributed by atoms with Gasteiger partial charge >= 0.3 is 0 Å². The van der Waals surface area contributed by atoms with Gasteiger partial charge < -0.3 is 15.0 Å². The van der Waals surface area contributed by atoms with Crippen LogP contribution in [0.4, 0.5) is 5.69 Å². The standard InChI is InChI=1S/C16H26N2O/c1-16(2,3)14-7-5-6-8-15(14)18-9-10-19-12-13(18)11-17-4/h5-8,13,17H,9-12H2,1-4H3. The van der Waals surface area contributed by atoms with Crippen molar-refractivity contribution in [3.63, 3.8) is 0 Å². The maximum Gasteiger partial charge on any atom is 0.0683 e. The molecule has 0 radical (unpaired) electrons. The largest absolute Gasteiger partial charge is 0.377 e. The molecule has 1 atom stereocenters. The van der Waals surface area contributed by atoms with Gasteiger partial charge in [0.1, 0.15) is 0 Å². The minimum Gasteiger partial charge on any atom is -0.377 e. The highest BCUT2D eigenvalue weighted by Gasteiger charge is 2.27. The number of nitrogens with one attached hydrogen (secondary N) is 1. The summed E-state index contributed by atoms with van der Waals surface area (Å²) in [6.07, 6.45) is 0. The Morgan fingerprint density at radius 2 is 2.05 bits per heavy atom. The number of ether oxygens (including phenoxy) is 1. The molecular weight excluding hydrogens is 236 g/mol. The summed E-state index contributed by atoms with van der Waals surface area (Å²) < 4.78 is 5.63. The summed E-state index contributed by atoms with van der Waals surface area (Å²) in [5.74, 6) is 0. The van der Waals surface area contributed by atoms with Crippen LogP contribution in [0.25, 0.3) is 0 Å². The molecule has 0 spiro atoms. The monoisotopic (exact) mass is 262 g/mol. The third-order valence-electron chi connectivity index (χ3n) is 3.69. The molecule has 1 heterocycles. The third kappa shape index (κ3) is 3.28. The van der Waals surface area contributed by atoms with Crippen molar-refractivity contribution in [3.8, 4) is 0 Å². The summed E-state index contributed by atoms with van der Waals surface area (Å²) in [7, 11) is 2.00. The Labute approximate surface area is 116 Å². The van der Waals surface area contributed by atoms with Crippen LogP contribution in [0.5, 0.6) is 0 Å². The van der Waals surface area contributed by atoms with E-state index in [9.17, 15) is 0 Å². The van der Waals surface area contributed by atoms with Crippen LogP contribution in [0.2, 0.25) is 0 Å². The number of benzene rings is 1. The van der Waals surface area contributed by atoms with E-state index in [1.807, 2.05) is 7.05 Å². The van der Waals surface area contributed by atoms with Crippen molar-refractivity contribution < 1.29 is 4.74 Å². The highest BCUT2D eigenvalue weighted by Crippen LogP contribution is 2.33. The van der Waals surface area contributed by atoms with Crippen molar-refractivity contribution in [3.05, 3.63) is 29.8 Å². The van der Waals surface area contributed by atoms with E-state index in [0.29, 0.717) is 6.04 Å². The number of anilines is 1. The first-order valence-electron chi connectivity index (χ1n) is 7.12. The Bertz CT molecular complexity index is 409. The smallest absolute Gasteiger partial charge is 0.0683 e. The highest BCUT2D eigenvalue weighted by molar-refractivity contribution is 5.57. The Hall–Kier alpha value is -1.06. The van der Waals surface area contributed by atoms with Crippen LogP contribution in [0.15, 0.2) is 24.3 Å². The number of nitrogens with zero attached hydrogens (tertiary/aromatic N) is 1. The second kappa shape index (κ2) is 5.93. The first kappa shape index (κ1) is 14.4. The summed E-state index contributed by atoms with van der Waals surface area (Å²) >= 11 is 0. The maximum absolute atomic E-state index is 5.63. The molecule has 0 saturated carbocycles. The third-order valence-corrected chi connectivity index (χ3v) is 3.69. The molecule has 1 aromatic rings. The summed E-state index contributed by atoms with van der Waals surface area (Å²) in [4.78, 5) is 2.50. The van der Waals surface area contributed by atoms with Gasteiger partial charge in [0.15, 0.2) is 0 Å². The first-order valence-corrected chi connectivity index (χ1v) is 7.12. The Balaban J connectivity index is 2.33. The maximum atomic E-state index is 5.63. The first-order chi connectivity index (χ1) is 9.04. The molecule has 2 rings (SSSR count).